The van der Waals surface area contributed by atoms with E-state index >= 15 is 0 Å². The van der Waals surface area contributed by atoms with Gasteiger partial charge in [-0.05, 0) is 6.07 Å². The molecule has 0 spiro atoms. The van der Waals surface area contributed by atoms with Crippen molar-refractivity contribution < 1.29 is 9.90 Å². The SMILES string of the molecule is Cn1ncc(-c2ccccc2Cl)c1CC(=O)O. The van der Waals surface area contributed by atoms with Gasteiger partial charge in [0.1, 0.15) is 0 Å². The van der Waals surface area contributed by atoms with Crippen LogP contribution in [-0.2, 0) is 18.3 Å². The number of carboxylic acids is 1. The molecule has 2 aromatic rings. The zero-order chi connectivity index (χ0) is 12.4. The monoisotopic (exact) mass is 250 g/mol. The molecular weight excluding hydrogens is 240 g/mol. The van der Waals surface area contributed by atoms with Crippen LogP contribution in [0.2, 0.25) is 5.02 Å². The van der Waals surface area contributed by atoms with Gasteiger partial charge in [-0.15, -0.1) is 0 Å². The molecule has 0 radical (unpaired) electrons. The molecule has 2 rings (SSSR count). The quantitative estimate of drug-likeness (QED) is 0.910. The summed E-state index contributed by atoms with van der Waals surface area (Å²) in [7, 11) is 1.72. The number of aliphatic carboxylic acids is 1. The Balaban J connectivity index is 2.53. The molecule has 0 bridgehead atoms. The minimum absolute atomic E-state index is 0.0724. The number of carbonyl (C=O) groups is 1. The van der Waals surface area contributed by atoms with Gasteiger partial charge in [-0.2, -0.15) is 5.10 Å². The third kappa shape index (κ3) is 2.31. The molecule has 1 N–H and O–H groups in total. The largest absolute Gasteiger partial charge is 0.481 e. The minimum atomic E-state index is -0.887. The second-order valence-corrected chi connectivity index (χ2v) is 4.09. The van der Waals surface area contributed by atoms with Gasteiger partial charge in [0.15, 0.2) is 0 Å². The highest BCUT2D eigenvalue weighted by molar-refractivity contribution is 6.33. The van der Waals surface area contributed by atoms with Crippen LogP contribution < -0.4 is 0 Å². The second kappa shape index (κ2) is 4.59. The fraction of sp³-hybridized carbons (Fsp3) is 0.167. The summed E-state index contributed by atoms with van der Waals surface area (Å²) in [6, 6.07) is 7.32. The van der Waals surface area contributed by atoms with Gasteiger partial charge in [-0.1, -0.05) is 29.8 Å². The number of aryl methyl sites for hydroxylation is 1. The molecule has 0 saturated heterocycles. The molecule has 0 aliphatic heterocycles. The number of aromatic nitrogens is 2. The molecule has 0 unspecified atom stereocenters. The van der Waals surface area contributed by atoms with Crippen molar-refractivity contribution in [1.82, 2.24) is 9.78 Å². The zero-order valence-corrected chi connectivity index (χ0v) is 9.98. The van der Waals surface area contributed by atoms with Crippen molar-refractivity contribution in [2.24, 2.45) is 7.05 Å². The topological polar surface area (TPSA) is 55.1 Å². The highest BCUT2D eigenvalue weighted by Crippen LogP contribution is 2.30. The van der Waals surface area contributed by atoms with Crippen molar-refractivity contribution in [3.8, 4) is 11.1 Å². The van der Waals surface area contributed by atoms with Crippen LogP contribution in [0, 0.1) is 0 Å². The van der Waals surface area contributed by atoms with Crippen LogP contribution in [0.1, 0.15) is 5.69 Å². The van der Waals surface area contributed by atoms with Crippen molar-refractivity contribution in [3.05, 3.63) is 41.2 Å². The van der Waals surface area contributed by atoms with E-state index in [2.05, 4.69) is 5.10 Å². The highest BCUT2D eigenvalue weighted by atomic mass is 35.5. The summed E-state index contributed by atoms with van der Waals surface area (Å²) < 4.78 is 1.56. The van der Waals surface area contributed by atoms with Crippen molar-refractivity contribution in [1.29, 1.82) is 0 Å². The van der Waals surface area contributed by atoms with E-state index in [1.165, 1.54) is 0 Å². The Labute approximate surface area is 103 Å². The van der Waals surface area contributed by atoms with E-state index in [4.69, 9.17) is 16.7 Å². The third-order valence-corrected chi connectivity index (χ3v) is 2.87. The molecule has 1 heterocycles. The van der Waals surface area contributed by atoms with Crippen LogP contribution in [0.4, 0.5) is 0 Å². The fourth-order valence-electron chi connectivity index (χ4n) is 1.72. The lowest BCUT2D eigenvalue weighted by atomic mass is 10.0. The Hall–Kier alpha value is -1.81. The van der Waals surface area contributed by atoms with Crippen LogP contribution in [-0.4, -0.2) is 20.9 Å². The first-order chi connectivity index (χ1) is 8.09. The third-order valence-electron chi connectivity index (χ3n) is 2.54. The maximum absolute atomic E-state index is 10.8. The standard InChI is InChI=1S/C12H11ClN2O2/c1-15-11(6-12(16)17)9(7-14-15)8-4-2-3-5-10(8)13/h2-5,7H,6H2,1H3,(H,16,17). The molecular formula is C12H11ClN2O2. The van der Waals surface area contributed by atoms with Gasteiger partial charge in [-0.3, -0.25) is 9.48 Å². The molecule has 0 saturated carbocycles. The molecule has 1 aromatic heterocycles. The second-order valence-electron chi connectivity index (χ2n) is 3.68. The summed E-state index contributed by atoms with van der Waals surface area (Å²) in [6.07, 6.45) is 1.57. The van der Waals surface area contributed by atoms with Crippen LogP contribution in [0.25, 0.3) is 11.1 Å². The van der Waals surface area contributed by atoms with E-state index in [0.717, 1.165) is 11.1 Å². The smallest absolute Gasteiger partial charge is 0.309 e. The van der Waals surface area contributed by atoms with E-state index in [1.54, 1.807) is 24.0 Å². The Morgan fingerprint density at radius 2 is 2.12 bits per heavy atom. The minimum Gasteiger partial charge on any atom is -0.481 e. The molecule has 17 heavy (non-hydrogen) atoms. The van der Waals surface area contributed by atoms with E-state index in [-0.39, 0.29) is 6.42 Å². The maximum Gasteiger partial charge on any atom is 0.309 e. The van der Waals surface area contributed by atoms with E-state index in [1.807, 2.05) is 18.2 Å². The number of benzene rings is 1. The molecule has 5 heteroatoms. The van der Waals surface area contributed by atoms with E-state index in [0.29, 0.717) is 10.7 Å². The lowest BCUT2D eigenvalue weighted by Gasteiger charge is -2.05. The number of hydrogen-bond donors (Lipinski definition) is 1. The normalized spacial score (nSPS) is 10.5. The molecule has 0 fully saturated rings. The van der Waals surface area contributed by atoms with Crippen molar-refractivity contribution in [3.63, 3.8) is 0 Å². The van der Waals surface area contributed by atoms with E-state index in [9.17, 15) is 4.79 Å². The van der Waals surface area contributed by atoms with Crippen molar-refractivity contribution in [2.45, 2.75) is 6.42 Å². The molecule has 0 aliphatic rings. The first kappa shape index (κ1) is 11.7. The summed E-state index contributed by atoms with van der Waals surface area (Å²) >= 11 is 6.09. The molecule has 0 aliphatic carbocycles. The van der Waals surface area contributed by atoms with Gasteiger partial charge >= 0.3 is 5.97 Å². The zero-order valence-electron chi connectivity index (χ0n) is 9.22. The van der Waals surface area contributed by atoms with Gasteiger partial charge < -0.3 is 5.11 Å². The maximum atomic E-state index is 10.8. The predicted octanol–water partition coefficient (Wildman–Crippen LogP) is 2.37. The average Bonchev–Trinajstić information content (AvgIpc) is 2.61. The van der Waals surface area contributed by atoms with Gasteiger partial charge in [-0.25, -0.2) is 0 Å². The number of rotatable bonds is 3. The van der Waals surface area contributed by atoms with Crippen LogP contribution in [0.5, 0.6) is 0 Å². The number of carboxylic acid groups (broad SMARTS) is 1. The molecule has 0 amide bonds. The lowest BCUT2D eigenvalue weighted by Crippen LogP contribution is -2.07. The predicted molar refractivity (Wildman–Crippen MR) is 65.0 cm³/mol. The Kier molecular flexibility index (Phi) is 3.15. The van der Waals surface area contributed by atoms with Crippen LogP contribution >= 0.6 is 11.6 Å². The first-order valence-corrected chi connectivity index (χ1v) is 5.45. The van der Waals surface area contributed by atoms with Crippen molar-refractivity contribution >= 4 is 17.6 Å². The van der Waals surface area contributed by atoms with Crippen molar-refractivity contribution in [2.75, 3.05) is 0 Å². The van der Waals surface area contributed by atoms with Gasteiger partial charge in [0, 0.05) is 23.2 Å². The number of hydrogen-bond acceptors (Lipinski definition) is 2. The van der Waals surface area contributed by atoms with Gasteiger partial charge in [0.2, 0.25) is 0 Å². The van der Waals surface area contributed by atoms with Gasteiger partial charge in [0.25, 0.3) is 0 Å². The summed E-state index contributed by atoms with van der Waals surface area (Å²) in [5.74, 6) is -0.887. The average molecular weight is 251 g/mol. The molecule has 88 valence electrons. The molecule has 1 aromatic carbocycles. The van der Waals surface area contributed by atoms with Crippen LogP contribution in [0.15, 0.2) is 30.5 Å². The summed E-state index contributed by atoms with van der Waals surface area (Å²) in [5, 5.41) is 13.5. The summed E-state index contributed by atoms with van der Waals surface area (Å²) in [4.78, 5) is 10.8. The molecule has 0 atom stereocenters. The highest BCUT2D eigenvalue weighted by Gasteiger charge is 2.15. The summed E-state index contributed by atoms with van der Waals surface area (Å²) in [5.41, 5.74) is 2.21. The summed E-state index contributed by atoms with van der Waals surface area (Å²) in [6.45, 7) is 0. The van der Waals surface area contributed by atoms with Crippen LogP contribution in [0.3, 0.4) is 0 Å². The Morgan fingerprint density at radius 3 is 2.76 bits per heavy atom. The Morgan fingerprint density at radius 1 is 1.41 bits per heavy atom. The van der Waals surface area contributed by atoms with Gasteiger partial charge in [0.05, 0.1) is 18.3 Å². The van der Waals surface area contributed by atoms with E-state index < -0.39 is 5.97 Å². The fourth-order valence-corrected chi connectivity index (χ4v) is 1.96. The Bertz CT molecular complexity index is 563. The number of nitrogens with zero attached hydrogens (tertiary/aromatic N) is 2. The lowest BCUT2D eigenvalue weighted by molar-refractivity contribution is -0.136. The first-order valence-electron chi connectivity index (χ1n) is 5.07. The number of halogens is 1. The molecule has 4 nitrogen and oxygen atoms in total.